The molecule has 0 saturated carbocycles. The molecule has 0 aliphatic heterocycles. The van der Waals surface area contributed by atoms with Gasteiger partial charge in [0.2, 0.25) is 0 Å². The van der Waals surface area contributed by atoms with Crippen molar-refractivity contribution in [2.45, 2.75) is 6.92 Å². The normalized spacial score (nSPS) is 11.9. The van der Waals surface area contributed by atoms with Gasteiger partial charge in [-0.1, -0.05) is 24.3 Å². The summed E-state index contributed by atoms with van der Waals surface area (Å²) in [5.74, 6) is 0. The molecule has 0 spiro atoms. The number of oxazole rings is 1. The Kier molecular flexibility index (Phi) is 2.65. The minimum Gasteiger partial charge on any atom is -0.452 e. The highest BCUT2D eigenvalue weighted by atomic mass is 16.4. The maximum absolute atomic E-state index is 6.21. The van der Waals surface area contributed by atoms with Crippen LogP contribution in [-0.4, -0.2) is 18.6 Å². The van der Waals surface area contributed by atoms with Gasteiger partial charge in [0.1, 0.15) is 11.1 Å². The average Bonchev–Trinajstić information content (AvgIpc) is 3.25. The second-order valence-corrected chi connectivity index (χ2v) is 6.08. The summed E-state index contributed by atoms with van der Waals surface area (Å²) in [5.41, 5.74) is 4.35. The number of fused-ring (bicyclic) bond motifs is 8. The van der Waals surface area contributed by atoms with Crippen molar-refractivity contribution < 1.29 is 8.83 Å². The average molecular weight is 316 g/mol. The van der Waals surface area contributed by atoms with E-state index in [1.54, 1.807) is 0 Å². The van der Waals surface area contributed by atoms with E-state index in [1.165, 1.54) is 6.39 Å². The monoisotopic (exact) mass is 316 g/mol. The molecule has 4 heteroatoms. The van der Waals surface area contributed by atoms with Crippen LogP contribution in [-0.2, 0) is 0 Å². The number of anilines is 1. The van der Waals surface area contributed by atoms with E-state index in [0.29, 0.717) is 5.58 Å². The van der Waals surface area contributed by atoms with Crippen LogP contribution in [0.25, 0.3) is 43.8 Å². The highest BCUT2D eigenvalue weighted by molar-refractivity contribution is 6.28. The van der Waals surface area contributed by atoms with Crippen LogP contribution in [0.3, 0.4) is 0 Å². The fraction of sp³-hybridized carbons (Fsp3) is 0.150. The number of benzene rings is 3. The fourth-order valence-corrected chi connectivity index (χ4v) is 3.44. The molecule has 0 radical (unpaired) electrons. The molecule has 5 rings (SSSR count). The number of aromatic nitrogens is 1. The molecule has 2 heterocycles. The maximum Gasteiger partial charge on any atom is 0.198 e. The second kappa shape index (κ2) is 4.74. The Hall–Kier alpha value is -3.01. The lowest BCUT2D eigenvalue weighted by molar-refractivity contribution is 0.589. The zero-order chi connectivity index (χ0) is 16.3. The lowest BCUT2D eigenvalue weighted by Gasteiger charge is -2.16. The maximum atomic E-state index is 6.21. The Labute approximate surface area is 138 Å². The summed E-state index contributed by atoms with van der Waals surface area (Å²) in [5, 5.41) is 4.43. The lowest BCUT2D eigenvalue weighted by Crippen LogP contribution is -2.15. The molecule has 2 aromatic heterocycles. The molecule has 5 aromatic rings. The van der Waals surface area contributed by atoms with E-state index in [1.807, 2.05) is 12.1 Å². The molecule has 118 valence electrons. The van der Waals surface area contributed by atoms with Crippen molar-refractivity contribution >= 4 is 49.5 Å². The number of hydrogen-bond acceptors (Lipinski definition) is 4. The van der Waals surface area contributed by atoms with Gasteiger partial charge in [-0.25, -0.2) is 4.98 Å². The molecule has 0 N–H and O–H groups in total. The topological polar surface area (TPSA) is 42.4 Å². The second-order valence-electron chi connectivity index (χ2n) is 6.08. The summed E-state index contributed by atoms with van der Waals surface area (Å²) >= 11 is 0. The van der Waals surface area contributed by atoms with Crippen LogP contribution in [0.5, 0.6) is 0 Å². The number of rotatable bonds is 2. The number of nitrogens with zero attached hydrogens (tertiary/aromatic N) is 2. The van der Waals surface area contributed by atoms with Crippen LogP contribution in [0.15, 0.2) is 57.7 Å². The van der Waals surface area contributed by atoms with Gasteiger partial charge >= 0.3 is 0 Å². The van der Waals surface area contributed by atoms with E-state index in [4.69, 9.17) is 8.83 Å². The summed E-state index contributed by atoms with van der Waals surface area (Å²) in [6.07, 6.45) is 1.49. The minimum absolute atomic E-state index is 0.713. The molecule has 0 aliphatic rings. The van der Waals surface area contributed by atoms with Crippen molar-refractivity contribution in [3.05, 3.63) is 48.9 Å². The summed E-state index contributed by atoms with van der Waals surface area (Å²) in [6, 6.07) is 14.6. The Morgan fingerprint density at radius 1 is 1.00 bits per heavy atom. The van der Waals surface area contributed by atoms with Crippen molar-refractivity contribution in [2.75, 3.05) is 18.5 Å². The van der Waals surface area contributed by atoms with E-state index in [0.717, 1.165) is 50.5 Å². The first kappa shape index (κ1) is 13.4. The molecule has 4 nitrogen and oxygen atoms in total. The van der Waals surface area contributed by atoms with Crippen molar-refractivity contribution in [2.24, 2.45) is 0 Å². The van der Waals surface area contributed by atoms with Crippen molar-refractivity contribution in [1.82, 2.24) is 4.98 Å². The molecule has 0 atom stereocenters. The van der Waals surface area contributed by atoms with Crippen LogP contribution >= 0.6 is 0 Å². The molecular formula is C20H16N2O2. The molecule has 0 unspecified atom stereocenters. The van der Waals surface area contributed by atoms with Crippen LogP contribution < -0.4 is 4.90 Å². The Balaban J connectivity index is 2.00. The first-order chi connectivity index (χ1) is 11.8. The van der Waals surface area contributed by atoms with Gasteiger partial charge in [-0.05, 0) is 24.4 Å². The van der Waals surface area contributed by atoms with E-state index in [9.17, 15) is 0 Å². The van der Waals surface area contributed by atoms with E-state index in [-0.39, 0.29) is 0 Å². The summed E-state index contributed by atoms with van der Waals surface area (Å²) < 4.78 is 11.9. The third kappa shape index (κ3) is 1.65. The Morgan fingerprint density at radius 2 is 1.83 bits per heavy atom. The van der Waals surface area contributed by atoms with E-state index >= 15 is 0 Å². The summed E-state index contributed by atoms with van der Waals surface area (Å²) in [7, 11) is 2.08. The smallest absolute Gasteiger partial charge is 0.198 e. The predicted molar refractivity (Wildman–Crippen MR) is 97.7 cm³/mol. The third-order valence-electron chi connectivity index (χ3n) is 4.81. The SMILES string of the molecule is CCN(C)c1ccc2c(c1)oc1c3ocnc3c3ccccc3c21. The first-order valence-electron chi connectivity index (χ1n) is 8.09. The van der Waals surface area contributed by atoms with Crippen molar-refractivity contribution in [1.29, 1.82) is 0 Å². The quantitative estimate of drug-likeness (QED) is 0.441. The zero-order valence-corrected chi connectivity index (χ0v) is 13.5. The van der Waals surface area contributed by atoms with Gasteiger partial charge in [0.05, 0.1) is 0 Å². The molecular weight excluding hydrogens is 300 g/mol. The molecule has 0 aliphatic carbocycles. The van der Waals surface area contributed by atoms with E-state index in [2.05, 4.69) is 54.2 Å². The molecule has 3 aromatic carbocycles. The van der Waals surface area contributed by atoms with Crippen LogP contribution in [0.1, 0.15) is 6.92 Å². The van der Waals surface area contributed by atoms with Gasteiger partial charge < -0.3 is 13.7 Å². The Bertz CT molecular complexity index is 1220. The first-order valence-corrected chi connectivity index (χ1v) is 8.09. The molecule has 0 amide bonds. The lowest BCUT2D eigenvalue weighted by atomic mass is 10.0. The highest BCUT2D eigenvalue weighted by Gasteiger charge is 2.18. The van der Waals surface area contributed by atoms with Gasteiger partial charge in [-0.3, -0.25) is 0 Å². The van der Waals surface area contributed by atoms with Gasteiger partial charge in [-0.2, -0.15) is 0 Å². The van der Waals surface area contributed by atoms with Gasteiger partial charge in [0.25, 0.3) is 0 Å². The van der Waals surface area contributed by atoms with Gasteiger partial charge in [-0.15, -0.1) is 0 Å². The van der Waals surface area contributed by atoms with Crippen molar-refractivity contribution in [3.63, 3.8) is 0 Å². The van der Waals surface area contributed by atoms with Crippen LogP contribution in [0.2, 0.25) is 0 Å². The summed E-state index contributed by atoms with van der Waals surface area (Å²) in [4.78, 5) is 6.58. The minimum atomic E-state index is 0.713. The standard InChI is InChI=1S/C20H16N2O2/c1-3-22(2)12-8-9-15-16(10-12)24-19-17(15)13-6-4-5-7-14(13)18-20(19)23-11-21-18/h4-11H,3H2,1-2H3. The molecule has 0 fully saturated rings. The Morgan fingerprint density at radius 3 is 2.67 bits per heavy atom. The molecule has 24 heavy (non-hydrogen) atoms. The third-order valence-corrected chi connectivity index (χ3v) is 4.81. The number of furan rings is 1. The number of hydrogen-bond donors (Lipinski definition) is 0. The fourth-order valence-electron chi connectivity index (χ4n) is 3.44. The summed E-state index contributed by atoms with van der Waals surface area (Å²) in [6.45, 7) is 3.08. The van der Waals surface area contributed by atoms with Crippen LogP contribution in [0.4, 0.5) is 5.69 Å². The predicted octanol–water partition coefficient (Wildman–Crippen LogP) is 5.34. The largest absolute Gasteiger partial charge is 0.452 e. The van der Waals surface area contributed by atoms with Crippen molar-refractivity contribution in [3.8, 4) is 0 Å². The van der Waals surface area contributed by atoms with Crippen LogP contribution in [0, 0.1) is 0 Å². The van der Waals surface area contributed by atoms with Gasteiger partial charge in [0.15, 0.2) is 17.6 Å². The molecule has 0 saturated heterocycles. The molecule has 0 bridgehead atoms. The van der Waals surface area contributed by atoms with E-state index < -0.39 is 0 Å². The van der Waals surface area contributed by atoms with Gasteiger partial charge in [0, 0.05) is 41.5 Å². The zero-order valence-electron chi connectivity index (χ0n) is 13.5. The highest BCUT2D eigenvalue weighted by Crippen LogP contribution is 2.41.